The Morgan fingerprint density at radius 2 is 1.60 bits per heavy atom. The molecule has 0 heterocycles. The molecule has 0 unspecified atom stereocenters. The highest BCUT2D eigenvalue weighted by atomic mass is 16.2. The summed E-state index contributed by atoms with van der Waals surface area (Å²) in [7, 11) is 0. The van der Waals surface area contributed by atoms with E-state index in [4.69, 9.17) is 0 Å². The summed E-state index contributed by atoms with van der Waals surface area (Å²) in [6.07, 6.45) is 0.627. The molecule has 0 saturated heterocycles. The zero-order valence-electron chi connectivity index (χ0n) is 6.48. The topological polar surface area (TPSA) is 20.3 Å². The van der Waals surface area contributed by atoms with Gasteiger partial charge in [0.05, 0.1) is 0 Å². The second-order valence-electron chi connectivity index (χ2n) is 1.92. The molecule has 0 saturated carbocycles. The molecule has 0 aromatic carbocycles. The third-order valence-corrected chi connectivity index (χ3v) is 1.42. The molecule has 0 rings (SSSR count). The zero-order chi connectivity index (χ0) is 7.28. The van der Waals surface area contributed by atoms with Crippen molar-refractivity contribution in [3.05, 3.63) is 0 Å². The monoisotopic (exact) mass is 145 g/mol. The van der Waals surface area contributed by atoms with Gasteiger partial charge in [-0.05, 0) is 13.8 Å². The lowest BCUT2D eigenvalue weighted by atomic mass is 10.4. The molecule has 0 aliphatic carbocycles. The van der Waals surface area contributed by atoms with Crippen molar-refractivity contribution in [2.45, 2.75) is 34.6 Å². The highest BCUT2D eigenvalue weighted by molar-refractivity contribution is 5.75. The van der Waals surface area contributed by atoms with Crippen LogP contribution in [0.1, 0.15) is 34.6 Å². The Kier molecular flexibility index (Phi) is 8.02. The summed E-state index contributed by atoms with van der Waals surface area (Å²) < 4.78 is 0. The minimum atomic E-state index is 0. The van der Waals surface area contributed by atoms with Crippen LogP contribution in [0.2, 0.25) is 0 Å². The van der Waals surface area contributed by atoms with Crippen LogP contribution in [-0.2, 0) is 4.79 Å². The number of rotatable bonds is 3. The van der Waals surface area contributed by atoms with Gasteiger partial charge in [-0.1, -0.05) is 14.4 Å². The maximum Gasteiger partial charge on any atom is 0.222 e. The van der Waals surface area contributed by atoms with E-state index >= 15 is 0 Å². The minimum absolute atomic E-state index is 0. The first kappa shape index (κ1) is 12.2. The van der Waals surface area contributed by atoms with E-state index in [9.17, 15) is 4.79 Å². The van der Waals surface area contributed by atoms with E-state index in [1.165, 1.54) is 0 Å². The summed E-state index contributed by atoms with van der Waals surface area (Å²) in [6, 6.07) is 0. The molecule has 0 aliphatic rings. The molecule has 62 valence electrons. The van der Waals surface area contributed by atoms with E-state index in [2.05, 4.69) is 0 Å². The molecule has 2 heteroatoms. The number of carbonyl (C=O) groups excluding carboxylic acids is 1. The largest absolute Gasteiger partial charge is 0.343 e. The van der Waals surface area contributed by atoms with Gasteiger partial charge in [0.2, 0.25) is 5.91 Å². The predicted octanol–water partition coefficient (Wildman–Crippen LogP) is 1.90. The molecule has 0 aliphatic heterocycles. The van der Waals surface area contributed by atoms with Gasteiger partial charge in [0.1, 0.15) is 0 Å². The van der Waals surface area contributed by atoms with E-state index in [0.29, 0.717) is 6.42 Å². The first-order valence-electron chi connectivity index (χ1n) is 3.54. The van der Waals surface area contributed by atoms with Crippen LogP contribution in [0.5, 0.6) is 0 Å². The van der Waals surface area contributed by atoms with Gasteiger partial charge in [-0.25, -0.2) is 0 Å². The Hall–Kier alpha value is -0.530. The molecule has 0 spiro atoms. The fourth-order valence-corrected chi connectivity index (χ4v) is 0.800. The highest BCUT2D eigenvalue weighted by Crippen LogP contribution is 1.90. The molecule has 1 amide bonds. The van der Waals surface area contributed by atoms with E-state index in [0.717, 1.165) is 13.1 Å². The highest BCUT2D eigenvalue weighted by Gasteiger charge is 2.03. The number of nitrogens with zero attached hydrogens (tertiary/aromatic N) is 1. The smallest absolute Gasteiger partial charge is 0.222 e. The zero-order valence-corrected chi connectivity index (χ0v) is 6.48. The Balaban J connectivity index is 0. The third kappa shape index (κ3) is 3.49. The van der Waals surface area contributed by atoms with Gasteiger partial charge in [0, 0.05) is 19.5 Å². The van der Waals surface area contributed by atoms with E-state index < -0.39 is 0 Å². The number of carbonyl (C=O) groups is 1. The Morgan fingerprint density at radius 3 is 1.70 bits per heavy atom. The first-order chi connectivity index (χ1) is 4.26. The average molecular weight is 145 g/mol. The van der Waals surface area contributed by atoms with Crippen molar-refractivity contribution >= 4 is 5.91 Å². The van der Waals surface area contributed by atoms with Crippen LogP contribution >= 0.6 is 0 Å². The molecule has 0 aromatic heterocycles. The Labute approximate surface area is 64.2 Å². The van der Waals surface area contributed by atoms with Crippen molar-refractivity contribution in [2.75, 3.05) is 13.1 Å². The standard InChI is InChI=1S/C7H15NO.CH4/c1-4-7(9)8(5-2)6-3;/h4-6H2,1-3H3;1H4. The molecule has 0 bridgehead atoms. The van der Waals surface area contributed by atoms with Gasteiger partial charge in [0.25, 0.3) is 0 Å². The Morgan fingerprint density at radius 1 is 1.20 bits per heavy atom. The molecule has 0 radical (unpaired) electrons. The summed E-state index contributed by atoms with van der Waals surface area (Å²) >= 11 is 0. The summed E-state index contributed by atoms with van der Waals surface area (Å²) in [5, 5.41) is 0. The van der Waals surface area contributed by atoms with Gasteiger partial charge in [-0.3, -0.25) is 4.79 Å². The van der Waals surface area contributed by atoms with Crippen LogP contribution in [0, 0.1) is 0 Å². The number of hydrogen-bond acceptors (Lipinski definition) is 1. The summed E-state index contributed by atoms with van der Waals surface area (Å²) in [4.78, 5) is 12.7. The van der Waals surface area contributed by atoms with Crippen LogP contribution in [-0.4, -0.2) is 23.9 Å². The molecule has 10 heavy (non-hydrogen) atoms. The van der Waals surface area contributed by atoms with E-state index in [1.54, 1.807) is 0 Å². The normalized spacial score (nSPS) is 8.30. The van der Waals surface area contributed by atoms with Crippen molar-refractivity contribution in [1.82, 2.24) is 4.90 Å². The van der Waals surface area contributed by atoms with Crippen molar-refractivity contribution in [1.29, 1.82) is 0 Å². The van der Waals surface area contributed by atoms with Gasteiger partial charge in [-0.2, -0.15) is 0 Å². The minimum Gasteiger partial charge on any atom is -0.343 e. The fourth-order valence-electron chi connectivity index (χ4n) is 0.800. The molecule has 0 N–H and O–H groups in total. The van der Waals surface area contributed by atoms with Crippen molar-refractivity contribution in [2.24, 2.45) is 0 Å². The molecule has 2 nitrogen and oxygen atoms in total. The van der Waals surface area contributed by atoms with E-state index in [1.807, 2.05) is 25.7 Å². The van der Waals surface area contributed by atoms with Crippen molar-refractivity contribution in [3.63, 3.8) is 0 Å². The molecular formula is C8H19NO. The third-order valence-electron chi connectivity index (χ3n) is 1.42. The van der Waals surface area contributed by atoms with Crippen molar-refractivity contribution < 1.29 is 4.79 Å². The average Bonchev–Trinajstić information content (AvgIpc) is 1.90. The van der Waals surface area contributed by atoms with Crippen molar-refractivity contribution in [3.8, 4) is 0 Å². The second-order valence-corrected chi connectivity index (χ2v) is 1.92. The molecular weight excluding hydrogens is 126 g/mol. The summed E-state index contributed by atoms with van der Waals surface area (Å²) in [5.41, 5.74) is 0. The van der Waals surface area contributed by atoms with E-state index in [-0.39, 0.29) is 13.3 Å². The summed E-state index contributed by atoms with van der Waals surface area (Å²) in [5.74, 6) is 0.250. The lowest BCUT2D eigenvalue weighted by Gasteiger charge is -2.16. The Bertz CT molecular complexity index is 87.3. The van der Waals surface area contributed by atoms with Crippen LogP contribution < -0.4 is 0 Å². The van der Waals surface area contributed by atoms with Crippen LogP contribution in [0.3, 0.4) is 0 Å². The van der Waals surface area contributed by atoms with Gasteiger partial charge >= 0.3 is 0 Å². The quantitative estimate of drug-likeness (QED) is 0.594. The second kappa shape index (κ2) is 6.59. The number of amides is 1. The van der Waals surface area contributed by atoms with Gasteiger partial charge < -0.3 is 4.90 Å². The fraction of sp³-hybridized carbons (Fsp3) is 0.875. The van der Waals surface area contributed by atoms with Gasteiger partial charge in [0.15, 0.2) is 0 Å². The maximum atomic E-state index is 10.9. The lowest BCUT2D eigenvalue weighted by Crippen LogP contribution is -2.29. The lowest BCUT2D eigenvalue weighted by molar-refractivity contribution is -0.130. The molecule has 0 aromatic rings. The predicted molar refractivity (Wildman–Crippen MR) is 45.0 cm³/mol. The maximum absolute atomic E-state index is 10.9. The summed E-state index contributed by atoms with van der Waals surface area (Å²) in [6.45, 7) is 7.56. The van der Waals surface area contributed by atoms with Gasteiger partial charge in [-0.15, -0.1) is 0 Å². The molecule has 0 atom stereocenters. The van der Waals surface area contributed by atoms with Crippen LogP contribution in [0.25, 0.3) is 0 Å². The molecule has 0 fully saturated rings. The SMILES string of the molecule is C.CCC(=O)N(CC)CC. The van der Waals surface area contributed by atoms with Crippen LogP contribution in [0.15, 0.2) is 0 Å². The first-order valence-corrected chi connectivity index (χ1v) is 3.54. The van der Waals surface area contributed by atoms with Crippen LogP contribution in [0.4, 0.5) is 0 Å². The number of hydrogen-bond donors (Lipinski definition) is 0.